The topological polar surface area (TPSA) is 66.6 Å². The van der Waals surface area contributed by atoms with Gasteiger partial charge in [0.1, 0.15) is 0 Å². The van der Waals surface area contributed by atoms with Gasteiger partial charge >= 0.3 is 0 Å². The van der Waals surface area contributed by atoms with E-state index in [2.05, 4.69) is 5.16 Å². The molecule has 0 radical (unpaired) electrons. The summed E-state index contributed by atoms with van der Waals surface area (Å²) in [6.07, 6.45) is 3.94. The molecule has 1 amide bonds. The summed E-state index contributed by atoms with van der Waals surface area (Å²) in [4.78, 5) is 15.1. The highest BCUT2D eigenvalue weighted by Crippen LogP contribution is 2.28. The minimum Gasteiger partial charge on any atom is -0.388 e. The van der Waals surface area contributed by atoms with Crippen molar-refractivity contribution in [3.8, 4) is 11.3 Å². The van der Waals surface area contributed by atoms with E-state index >= 15 is 0 Å². The molecule has 0 aliphatic carbocycles. The van der Waals surface area contributed by atoms with E-state index in [4.69, 9.17) is 4.52 Å². The molecule has 0 unspecified atom stereocenters. The van der Waals surface area contributed by atoms with Gasteiger partial charge in [-0.15, -0.1) is 0 Å². The Kier molecular flexibility index (Phi) is 6.06. The number of nitrogens with zero attached hydrogens (tertiary/aromatic N) is 2. The Morgan fingerprint density at radius 2 is 1.79 bits per heavy atom. The molecule has 5 nitrogen and oxygen atoms in total. The van der Waals surface area contributed by atoms with Gasteiger partial charge in [-0.3, -0.25) is 4.79 Å². The molecule has 5 heteroatoms. The Morgan fingerprint density at radius 1 is 1.07 bits per heavy atom. The number of benzene rings is 2. The monoisotopic (exact) mass is 390 g/mol. The first-order valence-corrected chi connectivity index (χ1v) is 10.3. The lowest BCUT2D eigenvalue weighted by Gasteiger charge is -2.31. The molecule has 0 spiro atoms. The molecule has 2 aromatic carbocycles. The second-order valence-electron chi connectivity index (χ2n) is 7.61. The molecule has 29 heavy (non-hydrogen) atoms. The number of aliphatic hydroxyl groups excluding tert-OH is 1. The second kappa shape index (κ2) is 9.05. The van der Waals surface area contributed by atoms with Crippen LogP contribution in [0.4, 0.5) is 0 Å². The lowest BCUT2D eigenvalue weighted by molar-refractivity contribution is 0.0578. The maximum Gasteiger partial charge on any atom is 0.276 e. The molecule has 150 valence electrons. The van der Waals surface area contributed by atoms with Crippen molar-refractivity contribution in [1.29, 1.82) is 0 Å². The van der Waals surface area contributed by atoms with Crippen molar-refractivity contribution >= 4 is 5.91 Å². The SMILES string of the molecule is O=C(c1cc(-c2ccccc2)on1)N1CCCCC[C@H]1C[C@@H](O)c1ccccc1. The molecule has 4 rings (SSSR count). The third-order valence-electron chi connectivity index (χ3n) is 5.61. The van der Waals surface area contributed by atoms with Crippen LogP contribution >= 0.6 is 0 Å². The first kappa shape index (κ1) is 19.4. The van der Waals surface area contributed by atoms with Gasteiger partial charge in [-0.25, -0.2) is 0 Å². The molecule has 0 saturated carbocycles. The number of aliphatic hydroxyl groups is 1. The van der Waals surface area contributed by atoms with Crippen LogP contribution in [0.5, 0.6) is 0 Å². The van der Waals surface area contributed by atoms with Crippen LogP contribution in [-0.2, 0) is 0 Å². The molecule has 0 bridgehead atoms. The lowest BCUT2D eigenvalue weighted by atomic mass is 9.98. The molecule has 1 aliphatic heterocycles. The molecule has 2 atom stereocenters. The van der Waals surface area contributed by atoms with Crippen LogP contribution < -0.4 is 0 Å². The quantitative estimate of drug-likeness (QED) is 0.676. The fourth-order valence-electron chi connectivity index (χ4n) is 4.02. The first-order chi connectivity index (χ1) is 14.2. The van der Waals surface area contributed by atoms with Crippen LogP contribution in [0, 0.1) is 0 Å². The highest BCUT2D eigenvalue weighted by Gasteiger charge is 2.30. The molecular weight excluding hydrogens is 364 g/mol. The zero-order valence-corrected chi connectivity index (χ0v) is 16.4. The number of carbonyl (C=O) groups excluding carboxylic acids is 1. The minimum absolute atomic E-state index is 0.0166. The smallest absolute Gasteiger partial charge is 0.276 e. The number of carbonyl (C=O) groups is 1. The number of hydrogen-bond acceptors (Lipinski definition) is 4. The number of hydrogen-bond donors (Lipinski definition) is 1. The van der Waals surface area contributed by atoms with Crippen LogP contribution in [0.1, 0.15) is 54.3 Å². The normalized spacial score (nSPS) is 18.2. The maximum atomic E-state index is 13.2. The van der Waals surface area contributed by atoms with Gasteiger partial charge in [0, 0.05) is 24.2 Å². The van der Waals surface area contributed by atoms with Crippen LogP contribution in [0.25, 0.3) is 11.3 Å². The standard InChI is InChI=1S/C24H26N2O3/c27-22(18-10-4-1-5-11-18)16-20-14-8-3-9-15-26(20)24(28)21-17-23(29-25-21)19-12-6-2-7-13-19/h1-2,4-7,10-13,17,20,22,27H,3,8-9,14-16H2/t20-,22+/m0/s1. The number of amides is 1. The van der Waals surface area contributed by atoms with Crippen molar-refractivity contribution in [3.05, 3.63) is 78.0 Å². The average Bonchev–Trinajstić information content (AvgIpc) is 3.16. The largest absolute Gasteiger partial charge is 0.388 e. The predicted molar refractivity (Wildman–Crippen MR) is 111 cm³/mol. The van der Waals surface area contributed by atoms with Crippen LogP contribution in [0.3, 0.4) is 0 Å². The molecule has 1 aromatic heterocycles. The van der Waals surface area contributed by atoms with E-state index < -0.39 is 6.10 Å². The molecule has 1 N–H and O–H groups in total. The van der Waals surface area contributed by atoms with E-state index in [1.807, 2.05) is 65.6 Å². The summed E-state index contributed by atoms with van der Waals surface area (Å²) in [5.74, 6) is 0.465. The lowest BCUT2D eigenvalue weighted by Crippen LogP contribution is -2.41. The number of rotatable bonds is 5. The maximum absolute atomic E-state index is 13.2. The summed E-state index contributed by atoms with van der Waals surface area (Å²) >= 11 is 0. The van der Waals surface area contributed by atoms with Gasteiger partial charge in [0.25, 0.3) is 5.91 Å². The third-order valence-corrected chi connectivity index (χ3v) is 5.61. The van der Waals surface area contributed by atoms with Gasteiger partial charge in [0.15, 0.2) is 11.5 Å². The summed E-state index contributed by atoms with van der Waals surface area (Å²) in [6, 6.07) is 21.0. The molecule has 1 fully saturated rings. The van der Waals surface area contributed by atoms with Crippen molar-refractivity contribution in [3.63, 3.8) is 0 Å². The number of likely N-dealkylation sites (tertiary alicyclic amines) is 1. The molecule has 2 heterocycles. The second-order valence-corrected chi connectivity index (χ2v) is 7.61. The molecular formula is C24H26N2O3. The molecule has 1 saturated heterocycles. The highest BCUT2D eigenvalue weighted by molar-refractivity contribution is 5.93. The Hall–Kier alpha value is -2.92. The molecule has 3 aromatic rings. The van der Waals surface area contributed by atoms with Crippen molar-refractivity contribution < 1.29 is 14.4 Å². The van der Waals surface area contributed by atoms with Crippen LogP contribution in [0.15, 0.2) is 71.3 Å². The van der Waals surface area contributed by atoms with Crippen molar-refractivity contribution in [2.45, 2.75) is 44.2 Å². The first-order valence-electron chi connectivity index (χ1n) is 10.3. The number of aromatic nitrogens is 1. The van der Waals surface area contributed by atoms with Crippen molar-refractivity contribution in [2.24, 2.45) is 0 Å². The van der Waals surface area contributed by atoms with Crippen molar-refractivity contribution in [1.82, 2.24) is 10.1 Å². The fourth-order valence-corrected chi connectivity index (χ4v) is 4.02. The fraction of sp³-hybridized carbons (Fsp3) is 0.333. The Balaban J connectivity index is 1.52. The molecule has 1 aliphatic rings. The van der Waals surface area contributed by atoms with Crippen LogP contribution in [0.2, 0.25) is 0 Å². The van der Waals surface area contributed by atoms with Crippen molar-refractivity contribution in [2.75, 3.05) is 6.54 Å². The van der Waals surface area contributed by atoms with E-state index in [1.54, 1.807) is 6.07 Å². The van der Waals surface area contributed by atoms with E-state index in [-0.39, 0.29) is 11.9 Å². The van der Waals surface area contributed by atoms with Gasteiger partial charge < -0.3 is 14.5 Å². The summed E-state index contributed by atoms with van der Waals surface area (Å²) in [5, 5.41) is 14.8. The summed E-state index contributed by atoms with van der Waals surface area (Å²) in [6.45, 7) is 0.679. The summed E-state index contributed by atoms with van der Waals surface area (Å²) in [7, 11) is 0. The van der Waals surface area contributed by atoms with E-state index in [0.717, 1.165) is 36.8 Å². The third kappa shape index (κ3) is 4.57. The average molecular weight is 390 g/mol. The highest BCUT2D eigenvalue weighted by atomic mass is 16.5. The van der Waals surface area contributed by atoms with E-state index in [1.165, 1.54) is 0 Å². The Labute approximate surface area is 171 Å². The summed E-state index contributed by atoms with van der Waals surface area (Å²) < 4.78 is 5.43. The van der Waals surface area contributed by atoms with E-state index in [9.17, 15) is 9.90 Å². The Bertz CT molecular complexity index is 924. The van der Waals surface area contributed by atoms with Gasteiger partial charge in [0.2, 0.25) is 0 Å². The van der Waals surface area contributed by atoms with Gasteiger partial charge in [-0.2, -0.15) is 0 Å². The minimum atomic E-state index is -0.591. The van der Waals surface area contributed by atoms with E-state index in [0.29, 0.717) is 24.4 Å². The van der Waals surface area contributed by atoms with Gasteiger partial charge in [-0.1, -0.05) is 78.7 Å². The Morgan fingerprint density at radius 3 is 2.55 bits per heavy atom. The predicted octanol–water partition coefficient (Wildman–Crippen LogP) is 4.85. The van der Waals surface area contributed by atoms with Gasteiger partial charge in [0.05, 0.1) is 6.10 Å². The van der Waals surface area contributed by atoms with Gasteiger partial charge in [-0.05, 0) is 24.8 Å². The zero-order chi connectivity index (χ0) is 20.1. The zero-order valence-electron chi connectivity index (χ0n) is 16.4. The summed E-state index contributed by atoms with van der Waals surface area (Å²) in [5.41, 5.74) is 2.10. The van der Waals surface area contributed by atoms with Crippen LogP contribution in [-0.4, -0.2) is 33.7 Å².